The van der Waals surface area contributed by atoms with Crippen LogP contribution in [-0.4, -0.2) is 35.7 Å². The lowest BCUT2D eigenvalue weighted by Crippen LogP contribution is -2.35. The van der Waals surface area contributed by atoms with Crippen LogP contribution >= 0.6 is 11.3 Å². The highest BCUT2D eigenvalue weighted by molar-refractivity contribution is 7.15. The van der Waals surface area contributed by atoms with Gasteiger partial charge in [-0.2, -0.15) is 8.78 Å². The molecule has 5 nitrogen and oxygen atoms in total. The highest BCUT2D eigenvalue weighted by Crippen LogP contribution is 2.17. The fourth-order valence-corrected chi connectivity index (χ4v) is 2.72. The summed E-state index contributed by atoms with van der Waals surface area (Å²) in [4.78, 5) is 19.1. The lowest BCUT2D eigenvalue weighted by atomic mass is 10.2. The number of ether oxygens (including phenoxy) is 1. The van der Waals surface area contributed by atoms with Crippen LogP contribution in [0.4, 0.5) is 18.7 Å². The molecule has 0 aliphatic carbocycles. The Balaban J connectivity index is 1.96. The van der Waals surface area contributed by atoms with E-state index in [9.17, 15) is 13.6 Å². The largest absolute Gasteiger partial charge is 0.345 e. The molecule has 2 aromatic rings. The van der Waals surface area contributed by atoms with Crippen molar-refractivity contribution in [2.45, 2.75) is 26.5 Å². The van der Waals surface area contributed by atoms with Crippen molar-refractivity contribution in [3.63, 3.8) is 0 Å². The highest BCUT2D eigenvalue weighted by Gasteiger charge is 2.15. The van der Waals surface area contributed by atoms with Gasteiger partial charge in [0.05, 0.1) is 6.61 Å². The van der Waals surface area contributed by atoms with Crippen molar-refractivity contribution in [1.29, 1.82) is 0 Å². The highest BCUT2D eigenvalue weighted by atomic mass is 32.1. The van der Waals surface area contributed by atoms with Crippen molar-refractivity contribution in [2.75, 3.05) is 18.5 Å². The molecule has 2 rings (SSSR count). The van der Waals surface area contributed by atoms with Gasteiger partial charge < -0.3 is 9.64 Å². The number of alkyl halides is 2. The first-order chi connectivity index (χ1) is 11.5. The van der Waals surface area contributed by atoms with E-state index in [4.69, 9.17) is 0 Å². The van der Waals surface area contributed by atoms with Crippen LogP contribution in [0.2, 0.25) is 0 Å². The van der Waals surface area contributed by atoms with Crippen molar-refractivity contribution >= 4 is 22.5 Å². The molecule has 130 valence electrons. The molecule has 8 heteroatoms. The Morgan fingerprint density at radius 2 is 2.12 bits per heavy atom. The maximum absolute atomic E-state index is 12.4. The quantitative estimate of drug-likeness (QED) is 0.725. The average Bonchev–Trinajstić information content (AvgIpc) is 2.96. The van der Waals surface area contributed by atoms with Gasteiger partial charge in [0.25, 0.3) is 0 Å². The van der Waals surface area contributed by atoms with Crippen LogP contribution in [-0.2, 0) is 11.3 Å². The van der Waals surface area contributed by atoms with Crippen molar-refractivity contribution < 1.29 is 18.3 Å². The molecule has 1 heterocycles. The summed E-state index contributed by atoms with van der Waals surface area (Å²) in [5.41, 5.74) is 0.956. The predicted octanol–water partition coefficient (Wildman–Crippen LogP) is 4.11. The first-order valence-electron chi connectivity index (χ1n) is 7.46. The second-order valence-corrected chi connectivity index (χ2v) is 6.33. The van der Waals surface area contributed by atoms with Gasteiger partial charge in [-0.1, -0.05) is 30.3 Å². The number of carbonyl (C=O) groups is 1. The van der Waals surface area contributed by atoms with E-state index in [0.29, 0.717) is 24.6 Å². The molecular weight excluding hydrogens is 336 g/mol. The molecule has 1 aromatic heterocycles. The first-order valence-corrected chi connectivity index (χ1v) is 8.28. The molecule has 0 saturated carbocycles. The van der Waals surface area contributed by atoms with E-state index < -0.39 is 6.61 Å². The van der Waals surface area contributed by atoms with Crippen LogP contribution in [0.3, 0.4) is 0 Å². The number of amides is 2. The van der Waals surface area contributed by atoms with E-state index in [1.807, 2.05) is 37.3 Å². The Hall–Kier alpha value is -2.06. The third-order valence-corrected chi connectivity index (χ3v) is 3.98. The summed E-state index contributed by atoms with van der Waals surface area (Å²) in [6.45, 7) is -0.313. The van der Waals surface area contributed by atoms with Crippen LogP contribution in [0.25, 0.3) is 0 Å². The van der Waals surface area contributed by atoms with E-state index >= 15 is 0 Å². The molecule has 0 aliphatic rings. The third-order valence-electron chi connectivity index (χ3n) is 3.15. The zero-order valence-electron chi connectivity index (χ0n) is 13.2. The van der Waals surface area contributed by atoms with E-state index in [0.717, 1.165) is 10.4 Å². The number of hydrogen-bond acceptors (Lipinski definition) is 4. The van der Waals surface area contributed by atoms with Gasteiger partial charge in [0.2, 0.25) is 0 Å². The van der Waals surface area contributed by atoms with Gasteiger partial charge >= 0.3 is 12.6 Å². The van der Waals surface area contributed by atoms with Crippen molar-refractivity contribution in [3.8, 4) is 0 Å². The minimum absolute atomic E-state index is 0.105. The van der Waals surface area contributed by atoms with Gasteiger partial charge in [0.1, 0.15) is 0 Å². The zero-order chi connectivity index (χ0) is 17.4. The number of urea groups is 1. The van der Waals surface area contributed by atoms with E-state index in [1.165, 1.54) is 11.3 Å². The predicted molar refractivity (Wildman–Crippen MR) is 89.3 cm³/mol. The Morgan fingerprint density at radius 1 is 1.38 bits per heavy atom. The van der Waals surface area contributed by atoms with Crippen LogP contribution in [0.1, 0.15) is 16.9 Å². The number of hydrogen-bond donors (Lipinski definition) is 1. The van der Waals surface area contributed by atoms with Crippen molar-refractivity contribution in [3.05, 3.63) is 47.0 Å². The van der Waals surface area contributed by atoms with Crippen molar-refractivity contribution in [1.82, 2.24) is 9.88 Å². The van der Waals surface area contributed by atoms with Crippen LogP contribution < -0.4 is 5.32 Å². The molecule has 0 radical (unpaired) electrons. The number of halogens is 2. The van der Waals surface area contributed by atoms with Gasteiger partial charge in [-0.15, -0.1) is 11.3 Å². The lowest BCUT2D eigenvalue weighted by molar-refractivity contribution is -0.129. The molecule has 0 atom stereocenters. The zero-order valence-corrected chi connectivity index (χ0v) is 14.1. The summed E-state index contributed by atoms with van der Waals surface area (Å²) in [6, 6.07) is 9.16. The molecule has 0 fully saturated rings. The van der Waals surface area contributed by atoms with Gasteiger partial charge in [-0.25, -0.2) is 9.78 Å². The van der Waals surface area contributed by atoms with Gasteiger partial charge in [-0.3, -0.25) is 5.32 Å². The molecule has 0 bridgehead atoms. The van der Waals surface area contributed by atoms with Gasteiger partial charge in [-0.05, 0) is 18.9 Å². The molecule has 0 saturated heterocycles. The second-order valence-electron chi connectivity index (χ2n) is 5.10. The Bertz CT molecular complexity index is 637. The fourth-order valence-electron chi connectivity index (χ4n) is 2.07. The molecule has 0 spiro atoms. The maximum Gasteiger partial charge on any atom is 0.345 e. The molecular formula is C16H19F2N3O2S. The van der Waals surface area contributed by atoms with Crippen molar-refractivity contribution in [2.24, 2.45) is 0 Å². The minimum atomic E-state index is -2.79. The minimum Gasteiger partial charge on any atom is -0.323 e. The average molecular weight is 355 g/mol. The molecule has 1 N–H and O–H groups in total. The van der Waals surface area contributed by atoms with Gasteiger partial charge in [0, 0.05) is 24.2 Å². The van der Waals surface area contributed by atoms with Gasteiger partial charge in [0.15, 0.2) is 5.13 Å². The summed E-state index contributed by atoms with van der Waals surface area (Å²) < 4.78 is 28.3. The number of anilines is 1. The number of carbonyl (C=O) groups excluding carboxylic acids is 1. The number of nitrogens with zero attached hydrogens (tertiary/aromatic N) is 2. The number of thiazole rings is 1. The topological polar surface area (TPSA) is 54.5 Å². The SMILES string of the molecule is Cc1cnc(NC(=O)N(CCCOC(F)F)Cc2ccccc2)s1. The Morgan fingerprint density at radius 3 is 2.75 bits per heavy atom. The number of benzene rings is 1. The second kappa shape index (κ2) is 9.29. The number of rotatable bonds is 8. The summed E-state index contributed by atoms with van der Waals surface area (Å²) in [6.07, 6.45) is 2.00. The number of nitrogens with one attached hydrogen (secondary N) is 1. The molecule has 1 aromatic carbocycles. The molecule has 24 heavy (non-hydrogen) atoms. The van der Waals surface area contributed by atoms with Crippen LogP contribution in [0.5, 0.6) is 0 Å². The number of aromatic nitrogens is 1. The summed E-state index contributed by atoms with van der Waals surface area (Å²) in [7, 11) is 0. The molecule has 0 unspecified atom stereocenters. The smallest absolute Gasteiger partial charge is 0.323 e. The van der Waals surface area contributed by atoms with Crippen LogP contribution in [0, 0.1) is 6.92 Å². The molecule has 2 amide bonds. The molecule has 0 aliphatic heterocycles. The number of aryl methyl sites for hydroxylation is 1. The van der Waals surface area contributed by atoms with E-state index in [1.54, 1.807) is 11.1 Å². The third kappa shape index (κ3) is 6.21. The first kappa shape index (κ1) is 18.3. The normalized spacial score (nSPS) is 10.8. The standard InChI is InChI=1S/C16H19F2N3O2S/c1-12-10-19-15(24-12)20-16(22)21(8-5-9-23-14(17)18)11-13-6-3-2-4-7-13/h2-4,6-7,10,14H,5,8-9,11H2,1H3,(H,19,20,22). The van der Waals surface area contributed by atoms with E-state index in [-0.39, 0.29) is 12.6 Å². The van der Waals surface area contributed by atoms with E-state index in [2.05, 4.69) is 15.0 Å². The monoisotopic (exact) mass is 355 g/mol. The van der Waals surface area contributed by atoms with Crippen LogP contribution in [0.15, 0.2) is 36.5 Å². The summed E-state index contributed by atoms with van der Waals surface area (Å²) in [5, 5.41) is 3.25. The Kier molecular flexibility index (Phi) is 7.07. The summed E-state index contributed by atoms with van der Waals surface area (Å²) >= 11 is 1.38. The lowest BCUT2D eigenvalue weighted by Gasteiger charge is -2.22. The summed E-state index contributed by atoms with van der Waals surface area (Å²) in [5.74, 6) is 0. The Labute approximate surface area is 143 Å². The maximum atomic E-state index is 12.4. The fraction of sp³-hybridized carbons (Fsp3) is 0.375.